The molecular weight excluding hydrogens is 478 g/mol. The number of anilines is 1. The second-order valence-electron chi connectivity index (χ2n) is 6.61. The Hall–Kier alpha value is -3.27. The molecule has 4 rings (SSSR count). The molecule has 0 bridgehead atoms. The van der Waals surface area contributed by atoms with E-state index in [0.29, 0.717) is 32.9 Å². The molecule has 0 spiro atoms. The average Bonchev–Trinajstić information content (AvgIpc) is 3.40. The van der Waals surface area contributed by atoms with Crippen molar-refractivity contribution in [3.05, 3.63) is 85.1 Å². The number of hydrogen-bond donors (Lipinski definition) is 1. The van der Waals surface area contributed by atoms with Crippen molar-refractivity contribution in [1.29, 1.82) is 0 Å². The molecule has 11 heteroatoms. The fourth-order valence-corrected chi connectivity index (χ4v) is 4.06. The lowest BCUT2D eigenvalue weighted by Gasteiger charge is -2.02. The zero-order valence-electron chi connectivity index (χ0n) is 16.3. The van der Waals surface area contributed by atoms with Gasteiger partial charge in [-0.25, -0.2) is 9.37 Å². The van der Waals surface area contributed by atoms with Gasteiger partial charge in [-0.3, -0.25) is 15.5 Å². The highest BCUT2D eigenvalue weighted by molar-refractivity contribution is 7.14. The summed E-state index contributed by atoms with van der Waals surface area (Å²) in [6, 6.07) is 10.6. The topological polar surface area (TPSA) is 93.6 Å². The minimum absolute atomic E-state index is 0.0224. The van der Waals surface area contributed by atoms with Crippen LogP contribution in [-0.2, 0) is 0 Å². The van der Waals surface area contributed by atoms with Gasteiger partial charge in [-0.05, 0) is 42.8 Å². The minimum atomic E-state index is -0.580. The molecule has 0 unspecified atom stereocenters. The van der Waals surface area contributed by atoms with Crippen molar-refractivity contribution in [2.45, 2.75) is 6.92 Å². The van der Waals surface area contributed by atoms with E-state index in [1.165, 1.54) is 41.8 Å². The highest BCUT2D eigenvalue weighted by Gasteiger charge is 2.13. The Balaban J connectivity index is 1.46. The Morgan fingerprint density at radius 1 is 1.19 bits per heavy atom. The molecule has 2 aromatic carbocycles. The third-order valence-corrected chi connectivity index (χ3v) is 5.80. The van der Waals surface area contributed by atoms with Crippen LogP contribution < -0.4 is 5.43 Å². The molecule has 0 aliphatic heterocycles. The summed E-state index contributed by atoms with van der Waals surface area (Å²) >= 11 is 13.1. The Bertz CT molecular complexity index is 1350. The summed E-state index contributed by atoms with van der Waals surface area (Å²) in [6.45, 7) is 1.78. The van der Waals surface area contributed by atoms with Gasteiger partial charge in [-0.1, -0.05) is 23.2 Å². The summed E-state index contributed by atoms with van der Waals surface area (Å²) in [6.07, 6.45) is 1.47. The van der Waals surface area contributed by atoms with E-state index < -0.39 is 10.7 Å². The number of aryl methyl sites for hydroxylation is 1. The molecular formula is C21H13Cl2FN4O3S. The molecule has 162 valence electrons. The quantitative estimate of drug-likeness (QED) is 0.133. The van der Waals surface area contributed by atoms with Crippen molar-refractivity contribution < 1.29 is 13.7 Å². The number of halogens is 3. The van der Waals surface area contributed by atoms with Crippen molar-refractivity contribution in [2.24, 2.45) is 5.10 Å². The van der Waals surface area contributed by atoms with Gasteiger partial charge in [-0.15, -0.1) is 11.3 Å². The normalized spacial score (nSPS) is 11.2. The molecule has 0 atom stereocenters. The fourth-order valence-electron chi connectivity index (χ4n) is 2.92. The highest BCUT2D eigenvalue weighted by atomic mass is 35.5. The van der Waals surface area contributed by atoms with Crippen LogP contribution in [0.3, 0.4) is 0 Å². The lowest BCUT2D eigenvalue weighted by Crippen LogP contribution is -1.90. The van der Waals surface area contributed by atoms with Gasteiger partial charge in [0.2, 0.25) is 5.13 Å². The molecule has 0 aliphatic rings. The van der Waals surface area contributed by atoms with Crippen LogP contribution in [0.15, 0.2) is 57.4 Å². The maximum Gasteiger partial charge on any atom is 0.269 e. The Kier molecular flexibility index (Phi) is 6.22. The van der Waals surface area contributed by atoms with Crippen LogP contribution >= 0.6 is 34.5 Å². The van der Waals surface area contributed by atoms with Crippen LogP contribution in [0.4, 0.5) is 15.2 Å². The average molecular weight is 491 g/mol. The maximum absolute atomic E-state index is 13.8. The summed E-state index contributed by atoms with van der Waals surface area (Å²) in [7, 11) is 0. The summed E-state index contributed by atoms with van der Waals surface area (Å²) in [5, 5.41) is 17.4. The Labute approximate surface area is 195 Å². The van der Waals surface area contributed by atoms with E-state index in [9.17, 15) is 14.5 Å². The summed E-state index contributed by atoms with van der Waals surface area (Å²) < 4.78 is 19.5. The van der Waals surface area contributed by atoms with Gasteiger partial charge in [0.05, 0.1) is 26.9 Å². The predicted molar refractivity (Wildman–Crippen MR) is 124 cm³/mol. The van der Waals surface area contributed by atoms with Gasteiger partial charge >= 0.3 is 0 Å². The van der Waals surface area contributed by atoms with Crippen molar-refractivity contribution in [2.75, 3.05) is 5.43 Å². The minimum Gasteiger partial charge on any atom is -0.455 e. The monoisotopic (exact) mass is 490 g/mol. The van der Waals surface area contributed by atoms with E-state index in [1.807, 2.05) is 0 Å². The van der Waals surface area contributed by atoms with Crippen LogP contribution in [-0.4, -0.2) is 16.1 Å². The number of nitro groups is 1. The number of aromatic nitrogens is 1. The fraction of sp³-hybridized carbons (Fsp3) is 0.0476. The van der Waals surface area contributed by atoms with Gasteiger partial charge in [0.1, 0.15) is 17.3 Å². The number of nitro benzene ring substituents is 1. The third kappa shape index (κ3) is 4.64. The number of benzene rings is 2. The number of nitrogens with one attached hydrogen (secondary N) is 1. The molecule has 0 radical (unpaired) electrons. The van der Waals surface area contributed by atoms with Gasteiger partial charge < -0.3 is 4.42 Å². The van der Waals surface area contributed by atoms with E-state index in [-0.39, 0.29) is 10.7 Å². The van der Waals surface area contributed by atoms with E-state index in [2.05, 4.69) is 15.5 Å². The second kappa shape index (κ2) is 9.07. The maximum atomic E-state index is 13.8. The number of thiazole rings is 1. The number of non-ortho nitro benzene ring substituents is 1. The molecule has 0 fully saturated rings. The number of nitrogens with zero attached hydrogens (tertiary/aromatic N) is 3. The molecule has 0 amide bonds. The molecule has 2 aromatic heterocycles. The molecule has 32 heavy (non-hydrogen) atoms. The van der Waals surface area contributed by atoms with E-state index in [4.69, 9.17) is 27.6 Å². The molecule has 7 nitrogen and oxygen atoms in total. The van der Waals surface area contributed by atoms with Crippen LogP contribution in [0.1, 0.15) is 11.3 Å². The largest absolute Gasteiger partial charge is 0.455 e. The van der Waals surface area contributed by atoms with Crippen molar-refractivity contribution in [3.63, 3.8) is 0 Å². The Morgan fingerprint density at radius 2 is 2.00 bits per heavy atom. The first kappa shape index (κ1) is 21.9. The molecule has 0 aliphatic carbocycles. The third-order valence-electron chi connectivity index (χ3n) is 4.46. The molecule has 0 saturated carbocycles. The summed E-state index contributed by atoms with van der Waals surface area (Å²) in [4.78, 5) is 14.8. The number of rotatable bonds is 6. The van der Waals surface area contributed by atoms with Gasteiger partial charge in [0.15, 0.2) is 0 Å². The van der Waals surface area contributed by atoms with Crippen molar-refractivity contribution in [3.8, 4) is 22.6 Å². The molecule has 4 aromatic rings. The van der Waals surface area contributed by atoms with Crippen LogP contribution in [0.25, 0.3) is 22.6 Å². The van der Waals surface area contributed by atoms with E-state index in [0.717, 1.165) is 11.1 Å². The number of hydrazone groups is 1. The van der Waals surface area contributed by atoms with Crippen LogP contribution in [0.2, 0.25) is 10.0 Å². The lowest BCUT2D eigenvalue weighted by atomic mass is 10.1. The Morgan fingerprint density at radius 3 is 2.75 bits per heavy atom. The van der Waals surface area contributed by atoms with Gasteiger partial charge in [0, 0.05) is 28.6 Å². The summed E-state index contributed by atoms with van der Waals surface area (Å²) in [5.41, 5.74) is 5.20. The second-order valence-corrected chi connectivity index (χ2v) is 8.28. The predicted octanol–water partition coefficient (Wildman–Crippen LogP) is 7.18. The van der Waals surface area contributed by atoms with Crippen LogP contribution in [0.5, 0.6) is 0 Å². The zero-order valence-corrected chi connectivity index (χ0v) is 18.6. The molecule has 2 heterocycles. The van der Waals surface area contributed by atoms with Crippen LogP contribution in [0, 0.1) is 22.9 Å². The number of furan rings is 1. The van der Waals surface area contributed by atoms with E-state index >= 15 is 0 Å². The summed E-state index contributed by atoms with van der Waals surface area (Å²) in [5.74, 6) is 0.461. The molecule has 1 N–H and O–H groups in total. The number of hydrogen-bond acceptors (Lipinski definition) is 7. The van der Waals surface area contributed by atoms with Crippen molar-refractivity contribution in [1.82, 2.24) is 4.98 Å². The first-order valence-corrected chi connectivity index (χ1v) is 10.7. The standard InChI is InChI=1S/C21H13Cl2FN4O3S/c1-11-6-12(28(29)30)2-4-14(11)20-5-3-13(31-20)9-25-27-21-26-19(10-32-21)15-7-18(24)17(23)8-16(15)22/h2-10H,1H3,(H,26,27)/b25-9+. The zero-order chi connectivity index (χ0) is 22.8. The molecule has 0 saturated heterocycles. The smallest absolute Gasteiger partial charge is 0.269 e. The SMILES string of the molecule is Cc1cc([N+](=O)[O-])ccc1-c1ccc(/C=N/Nc2nc(-c3cc(F)c(Cl)cc3Cl)cs2)o1. The first-order chi connectivity index (χ1) is 15.3. The van der Waals surface area contributed by atoms with Crippen molar-refractivity contribution >= 4 is 51.6 Å². The lowest BCUT2D eigenvalue weighted by molar-refractivity contribution is -0.384. The highest BCUT2D eigenvalue weighted by Crippen LogP contribution is 2.34. The van der Waals surface area contributed by atoms with E-state index in [1.54, 1.807) is 30.5 Å². The van der Waals surface area contributed by atoms with Gasteiger partial charge in [-0.2, -0.15) is 5.10 Å². The first-order valence-electron chi connectivity index (χ1n) is 9.06. The van der Waals surface area contributed by atoms with Gasteiger partial charge in [0.25, 0.3) is 5.69 Å².